The number of ether oxygens (including phenoxy) is 2. The van der Waals surface area contributed by atoms with E-state index in [1.54, 1.807) is 33.3 Å². The van der Waals surface area contributed by atoms with E-state index in [0.29, 0.717) is 22.6 Å². The number of sulfonamides is 1. The average Bonchev–Trinajstić information content (AvgIpc) is 2.65. The van der Waals surface area contributed by atoms with Gasteiger partial charge in [-0.2, -0.15) is 0 Å². The van der Waals surface area contributed by atoms with Crippen LogP contribution in [0.3, 0.4) is 0 Å². The number of benzene rings is 2. The Morgan fingerprint density at radius 2 is 1.61 bits per heavy atom. The van der Waals surface area contributed by atoms with Crippen molar-refractivity contribution in [2.45, 2.75) is 57.9 Å². The zero-order chi connectivity index (χ0) is 21.1. The molecule has 0 saturated heterocycles. The van der Waals surface area contributed by atoms with Crippen molar-refractivity contribution in [1.82, 2.24) is 4.72 Å². The predicted octanol–water partition coefficient (Wildman–Crippen LogP) is 4.87. The summed E-state index contributed by atoms with van der Waals surface area (Å²) in [5, 5.41) is 0. The maximum atomic E-state index is 13.2. The molecule has 0 amide bonds. The smallest absolute Gasteiger partial charge is 0.241 e. The highest BCUT2D eigenvalue weighted by molar-refractivity contribution is 7.89. The normalized spacial score (nSPS) is 12.9. The number of nitrogens with one attached hydrogen (secondary N) is 1. The monoisotopic (exact) mass is 405 g/mol. The number of rotatable bonds is 8. The summed E-state index contributed by atoms with van der Waals surface area (Å²) in [6.45, 7) is 9.75. The number of aryl methyl sites for hydroxylation is 2. The van der Waals surface area contributed by atoms with Gasteiger partial charge in [-0.15, -0.1) is 0 Å². The summed E-state index contributed by atoms with van der Waals surface area (Å²) in [4.78, 5) is 0.292. The fourth-order valence-electron chi connectivity index (χ4n) is 3.35. The molecule has 5 nitrogen and oxygen atoms in total. The topological polar surface area (TPSA) is 64.6 Å². The van der Waals surface area contributed by atoms with E-state index in [0.717, 1.165) is 22.4 Å². The van der Waals surface area contributed by atoms with Crippen molar-refractivity contribution in [2.75, 3.05) is 14.2 Å². The van der Waals surface area contributed by atoms with Gasteiger partial charge in [0.15, 0.2) is 0 Å². The molecule has 2 rings (SSSR count). The minimum absolute atomic E-state index is 0.149. The summed E-state index contributed by atoms with van der Waals surface area (Å²) in [7, 11) is -0.468. The Balaban J connectivity index is 2.43. The standard InChI is InChI=1S/C22H31NO4S/c1-8-19(17-9-10-20(26-6)15(4)11-17)23-28(24,25)22-13-18(14(2)3)21(27-7)12-16(22)5/h9-14,19,23H,8H2,1-7H3/t19-/m0/s1. The van der Waals surface area contributed by atoms with Gasteiger partial charge in [-0.1, -0.05) is 32.9 Å². The van der Waals surface area contributed by atoms with Crippen LogP contribution in [0.5, 0.6) is 11.5 Å². The summed E-state index contributed by atoms with van der Waals surface area (Å²) < 4.78 is 40.0. The second-order valence-corrected chi connectivity index (χ2v) is 9.01. The zero-order valence-corrected chi connectivity index (χ0v) is 18.6. The minimum atomic E-state index is -3.70. The van der Waals surface area contributed by atoms with E-state index in [1.807, 2.05) is 45.9 Å². The van der Waals surface area contributed by atoms with Crippen LogP contribution in [0, 0.1) is 13.8 Å². The van der Waals surface area contributed by atoms with Gasteiger partial charge in [0.2, 0.25) is 10.0 Å². The SMILES string of the molecule is CC[C@H](NS(=O)(=O)c1cc(C(C)C)c(OC)cc1C)c1ccc(OC)c(C)c1. The molecule has 0 fully saturated rings. The molecule has 0 heterocycles. The van der Waals surface area contributed by atoms with Crippen LogP contribution in [-0.4, -0.2) is 22.6 Å². The van der Waals surface area contributed by atoms with E-state index < -0.39 is 10.0 Å². The summed E-state index contributed by atoms with van der Waals surface area (Å²) in [5.41, 5.74) is 3.43. The van der Waals surface area contributed by atoms with E-state index in [9.17, 15) is 8.42 Å². The third kappa shape index (κ3) is 4.67. The summed E-state index contributed by atoms with van der Waals surface area (Å²) >= 11 is 0. The number of methoxy groups -OCH3 is 2. The molecule has 2 aromatic carbocycles. The van der Waals surface area contributed by atoms with E-state index >= 15 is 0 Å². The summed E-state index contributed by atoms with van der Waals surface area (Å²) in [6, 6.07) is 8.95. The van der Waals surface area contributed by atoms with Crippen LogP contribution in [0.4, 0.5) is 0 Å². The van der Waals surface area contributed by atoms with Gasteiger partial charge in [-0.05, 0) is 66.6 Å². The Labute approximate surface area is 169 Å². The predicted molar refractivity (Wildman–Crippen MR) is 113 cm³/mol. The van der Waals surface area contributed by atoms with Gasteiger partial charge in [0, 0.05) is 6.04 Å². The Morgan fingerprint density at radius 1 is 0.964 bits per heavy atom. The third-order valence-electron chi connectivity index (χ3n) is 4.97. The van der Waals surface area contributed by atoms with Crippen molar-refractivity contribution in [2.24, 2.45) is 0 Å². The third-order valence-corrected chi connectivity index (χ3v) is 6.58. The van der Waals surface area contributed by atoms with Gasteiger partial charge in [0.05, 0.1) is 19.1 Å². The lowest BCUT2D eigenvalue weighted by Gasteiger charge is -2.21. The van der Waals surface area contributed by atoms with Crippen LogP contribution in [0.1, 0.15) is 61.4 Å². The lowest BCUT2D eigenvalue weighted by Crippen LogP contribution is -2.29. The van der Waals surface area contributed by atoms with Gasteiger partial charge < -0.3 is 9.47 Å². The fraction of sp³-hybridized carbons (Fsp3) is 0.455. The first-order valence-corrected chi connectivity index (χ1v) is 11.0. The molecule has 1 atom stereocenters. The van der Waals surface area contributed by atoms with E-state index in [-0.39, 0.29) is 12.0 Å². The second-order valence-electron chi connectivity index (χ2n) is 7.33. The Bertz CT molecular complexity index is 936. The molecule has 6 heteroatoms. The average molecular weight is 406 g/mol. The van der Waals surface area contributed by atoms with E-state index in [4.69, 9.17) is 9.47 Å². The molecular weight excluding hydrogens is 374 g/mol. The summed E-state index contributed by atoms with van der Waals surface area (Å²) in [6.07, 6.45) is 0.636. The Kier molecular flexibility index (Phi) is 7.12. The second kappa shape index (κ2) is 8.97. The number of hydrogen-bond donors (Lipinski definition) is 1. The molecule has 1 N–H and O–H groups in total. The quantitative estimate of drug-likeness (QED) is 0.680. The van der Waals surface area contributed by atoms with Crippen LogP contribution in [-0.2, 0) is 10.0 Å². The van der Waals surface area contributed by atoms with Crippen LogP contribution in [0.2, 0.25) is 0 Å². The van der Waals surface area contributed by atoms with Crippen molar-refractivity contribution in [3.8, 4) is 11.5 Å². The molecule has 154 valence electrons. The first kappa shape index (κ1) is 22.2. The molecule has 0 aliphatic rings. The molecule has 0 aliphatic carbocycles. The van der Waals surface area contributed by atoms with Crippen LogP contribution < -0.4 is 14.2 Å². The molecule has 2 aromatic rings. The number of hydrogen-bond acceptors (Lipinski definition) is 4. The fourth-order valence-corrected chi connectivity index (χ4v) is 4.92. The van der Waals surface area contributed by atoms with Crippen LogP contribution >= 0.6 is 0 Å². The van der Waals surface area contributed by atoms with Gasteiger partial charge in [0.25, 0.3) is 0 Å². The molecule has 0 spiro atoms. The van der Waals surface area contributed by atoms with Gasteiger partial charge in [-0.3, -0.25) is 0 Å². The Hall–Kier alpha value is -2.05. The van der Waals surface area contributed by atoms with Gasteiger partial charge in [-0.25, -0.2) is 13.1 Å². The molecule has 0 radical (unpaired) electrons. The lowest BCUT2D eigenvalue weighted by atomic mass is 10.0. The van der Waals surface area contributed by atoms with Crippen molar-refractivity contribution in [3.63, 3.8) is 0 Å². The van der Waals surface area contributed by atoms with E-state index in [2.05, 4.69) is 4.72 Å². The maximum absolute atomic E-state index is 13.2. The minimum Gasteiger partial charge on any atom is -0.496 e. The van der Waals surface area contributed by atoms with Crippen LogP contribution in [0.25, 0.3) is 0 Å². The molecule has 28 heavy (non-hydrogen) atoms. The van der Waals surface area contributed by atoms with Crippen molar-refractivity contribution >= 4 is 10.0 Å². The Morgan fingerprint density at radius 3 is 2.11 bits per heavy atom. The molecule has 0 unspecified atom stereocenters. The molecule has 0 aromatic heterocycles. The highest BCUT2D eigenvalue weighted by Gasteiger charge is 2.24. The largest absolute Gasteiger partial charge is 0.496 e. The maximum Gasteiger partial charge on any atom is 0.241 e. The molecule has 0 aliphatic heterocycles. The molecule has 0 saturated carbocycles. The lowest BCUT2D eigenvalue weighted by molar-refractivity contribution is 0.406. The highest BCUT2D eigenvalue weighted by Crippen LogP contribution is 2.32. The van der Waals surface area contributed by atoms with Gasteiger partial charge >= 0.3 is 0 Å². The van der Waals surface area contributed by atoms with Gasteiger partial charge in [0.1, 0.15) is 11.5 Å². The first-order chi connectivity index (χ1) is 13.1. The van der Waals surface area contributed by atoms with E-state index in [1.165, 1.54) is 0 Å². The van der Waals surface area contributed by atoms with Crippen molar-refractivity contribution < 1.29 is 17.9 Å². The summed E-state index contributed by atoms with van der Waals surface area (Å²) in [5.74, 6) is 1.65. The van der Waals surface area contributed by atoms with Crippen molar-refractivity contribution in [1.29, 1.82) is 0 Å². The molecule has 0 bridgehead atoms. The van der Waals surface area contributed by atoms with Crippen LogP contribution in [0.15, 0.2) is 35.2 Å². The first-order valence-electron chi connectivity index (χ1n) is 9.50. The highest BCUT2D eigenvalue weighted by atomic mass is 32.2. The molecular formula is C22H31NO4S. The van der Waals surface area contributed by atoms with Crippen molar-refractivity contribution in [3.05, 3.63) is 52.6 Å². The zero-order valence-electron chi connectivity index (χ0n) is 17.8.